The molecular formula is C12H7F19O2. The summed E-state index contributed by atoms with van der Waals surface area (Å²) < 4.78 is 246. The Kier molecular flexibility index (Phi) is 7.73. The molecule has 0 aromatic rings. The maximum atomic E-state index is 13.4. The number of alkyl halides is 19. The molecule has 2 N–H and O–H groups in total. The maximum absolute atomic E-state index is 13.4. The first kappa shape index (κ1) is 31.6. The number of aliphatic hydroxyl groups is 2. The molecule has 0 saturated carbocycles. The van der Waals surface area contributed by atoms with Crippen molar-refractivity contribution in [1.82, 2.24) is 0 Å². The SMILES string of the molecule is OCC(O)CC(F)(F)C(F)(F)C(F)(F)C(F)(F)C(F)(F)C(F)(F)C(F)(F)C(F)(F)C(F)(F)F. The highest BCUT2D eigenvalue weighted by atomic mass is 19.4. The van der Waals surface area contributed by atoms with Gasteiger partial charge in [0.05, 0.1) is 12.7 Å². The molecule has 1 unspecified atom stereocenters. The molecule has 0 rings (SSSR count). The van der Waals surface area contributed by atoms with Crippen molar-refractivity contribution in [1.29, 1.82) is 0 Å². The molecule has 0 aliphatic heterocycles. The van der Waals surface area contributed by atoms with Gasteiger partial charge in [0.15, 0.2) is 0 Å². The second-order valence-electron chi connectivity index (χ2n) is 6.26. The van der Waals surface area contributed by atoms with Crippen molar-refractivity contribution in [3.8, 4) is 0 Å². The normalized spacial score (nSPS) is 17.4. The van der Waals surface area contributed by atoms with Gasteiger partial charge in [-0.1, -0.05) is 0 Å². The average molecular weight is 544 g/mol. The molecule has 0 aliphatic rings. The first-order valence-corrected chi connectivity index (χ1v) is 7.34. The standard InChI is InChI=1S/C12H7F19O2/c13-4(14,1-3(33)2-32)5(15,16)6(17,18)7(19,20)8(21,22)9(23,24)10(25,26)11(27,28)12(29,30)31/h3,32-33H,1-2H2. The first-order valence-electron chi connectivity index (χ1n) is 7.34. The van der Waals surface area contributed by atoms with Gasteiger partial charge < -0.3 is 10.2 Å². The highest BCUT2D eigenvalue weighted by molar-refractivity contribution is 5.16. The van der Waals surface area contributed by atoms with Crippen LogP contribution in [-0.4, -0.2) is 76.5 Å². The molecule has 0 aliphatic carbocycles. The zero-order chi connectivity index (χ0) is 27.5. The van der Waals surface area contributed by atoms with E-state index >= 15 is 0 Å². The van der Waals surface area contributed by atoms with E-state index < -0.39 is 72.7 Å². The monoisotopic (exact) mass is 544 g/mol. The van der Waals surface area contributed by atoms with Crippen LogP contribution >= 0.6 is 0 Å². The molecule has 0 heterocycles. The van der Waals surface area contributed by atoms with Gasteiger partial charge in [0.2, 0.25) is 0 Å². The lowest BCUT2D eigenvalue weighted by atomic mass is 9.86. The summed E-state index contributed by atoms with van der Waals surface area (Å²) in [6, 6.07) is 0. The molecule has 0 spiro atoms. The van der Waals surface area contributed by atoms with E-state index in [4.69, 9.17) is 10.2 Å². The van der Waals surface area contributed by atoms with Crippen molar-refractivity contribution in [2.45, 2.75) is 66.1 Å². The van der Waals surface area contributed by atoms with Gasteiger partial charge in [-0.25, -0.2) is 0 Å². The summed E-state index contributed by atoms with van der Waals surface area (Å²) in [4.78, 5) is 0. The van der Waals surface area contributed by atoms with Crippen LogP contribution in [-0.2, 0) is 0 Å². The Bertz CT molecular complexity index is 693. The van der Waals surface area contributed by atoms with Crippen LogP contribution in [0.15, 0.2) is 0 Å². The van der Waals surface area contributed by atoms with E-state index in [1.807, 2.05) is 0 Å². The lowest BCUT2D eigenvalue weighted by molar-refractivity contribution is -0.469. The smallest absolute Gasteiger partial charge is 0.394 e. The summed E-state index contributed by atoms with van der Waals surface area (Å²) in [6.45, 7) is -1.99. The zero-order valence-corrected chi connectivity index (χ0v) is 14.6. The Labute approximate surface area is 167 Å². The van der Waals surface area contributed by atoms with Crippen molar-refractivity contribution >= 4 is 0 Å². The Morgan fingerprint density at radius 1 is 0.424 bits per heavy atom. The van der Waals surface area contributed by atoms with Gasteiger partial charge in [0.1, 0.15) is 0 Å². The predicted octanol–water partition coefficient (Wildman–Crippen LogP) is 5.37. The van der Waals surface area contributed by atoms with Crippen molar-refractivity contribution < 1.29 is 93.6 Å². The molecule has 21 heteroatoms. The summed E-state index contributed by atoms with van der Waals surface area (Å²) in [5.74, 6) is -67.2. The second-order valence-corrected chi connectivity index (χ2v) is 6.26. The molecule has 0 bridgehead atoms. The van der Waals surface area contributed by atoms with Gasteiger partial charge in [-0.3, -0.25) is 0 Å². The minimum absolute atomic E-state index is 1.99. The fourth-order valence-corrected chi connectivity index (χ4v) is 1.88. The topological polar surface area (TPSA) is 40.5 Å². The van der Waals surface area contributed by atoms with E-state index in [-0.39, 0.29) is 0 Å². The largest absolute Gasteiger partial charge is 0.460 e. The van der Waals surface area contributed by atoms with Gasteiger partial charge in [-0.15, -0.1) is 0 Å². The molecule has 1 atom stereocenters. The molecule has 0 amide bonds. The van der Waals surface area contributed by atoms with Crippen LogP contribution < -0.4 is 0 Å². The minimum Gasteiger partial charge on any atom is -0.394 e. The summed E-state index contributed by atoms with van der Waals surface area (Å²) in [5, 5.41) is 16.7. The highest BCUT2D eigenvalue weighted by Crippen LogP contribution is 2.65. The van der Waals surface area contributed by atoms with Crippen LogP contribution in [0.2, 0.25) is 0 Å². The molecule has 0 saturated heterocycles. The number of hydrogen-bond donors (Lipinski definition) is 2. The van der Waals surface area contributed by atoms with E-state index in [2.05, 4.69) is 0 Å². The third-order valence-electron chi connectivity index (χ3n) is 3.88. The van der Waals surface area contributed by atoms with E-state index in [0.29, 0.717) is 0 Å². The molecule has 0 aromatic carbocycles. The van der Waals surface area contributed by atoms with Crippen LogP contribution in [0.25, 0.3) is 0 Å². The first-order chi connectivity index (χ1) is 14.0. The van der Waals surface area contributed by atoms with Gasteiger partial charge in [-0.05, 0) is 0 Å². The van der Waals surface area contributed by atoms with Crippen LogP contribution in [0.3, 0.4) is 0 Å². The number of aliphatic hydroxyl groups excluding tert-OH is 2. The maximum Gasteiger partial charge on any atom is 0.460 e. The van der Waals surface area contributed by atoms with Gasteiger partial charge in [0, 0.05) is 6.42 Å². The Balaban J connectivity index is 6.83. The fourth-order valence-electron chi connectivity index (χ4n) is 1.88. The summed E-state index contributed by atoms with van der Waals surface area (Å²) in [7, 11) is 0. The van der Waals surface area contributed by atoms with E-state index in [0.717, 1.165) is 0 Å². The predicted molar refractivity (Wildman–Crippen MR) is 63.3 cm³/mol. The lowest BCUT2D eigenvalue weighted by Crippen LogP contribution is -2.75. The highest BCUT2D eigenvalue weighted by Gasteiger charge is 2.96. The van der Waals surface area contributed by atoms with Crippen LogP contribution in [0.4, 0.5) is 83.4 Å². The molecule has 0 fully saturated rings. The van der Waals surface area contributed by atoms with E-state index in [1.54, 1.807) is 0 Å². The molecule has 200 valence electrons. The van der Waals surface area contributed by atoms with Crippen LogP contribution in [0.1, 0.15) is 6.42 Å². The summed E-state index contributed by atoms with van der Waals surface area (Å²) in [5.41, 5.74) is 0. The van der Waals surface area contributed by atoms with E-state index in [9.17, 15) is 83.4 Å². The average Bonchev–Trinajstić information content (AvgIpc) is 2.58. The third kappa shape index (κ3) is 4.15. The van der Waals surface area contributed by atoms with E-state index in [1.165, 1.54) is 0 Å². The van der Waals surface area contributed by atoms with Crippen molar-refractivity contribution in [2.24, 2.45) is 0 Å². The molecule has 0 radical (unpaired) electrons. The number of halogens is 19. The van der Waals surface area contributed by atoms with Crippen molar-refractivity contribution in [2.75, 3.05) is 6.61 Å². The number of rotatable bonds is 10. The quantitative estimate of drug-likeness (QED) is 0.363. The van der Waals surface area contributed by atoms with Gasteiger partial charge in [-0.2, -0.15) is 83.4 Å². The summed E-state index contributed by atoms with van der Waals surface area (Å²) >= 11 is 0. The third-order valence-corrected chi connectivity index (χ3v) is 3.88. The van der Waals surface area contributed by atoms with Crippen LogP contribution in [0, 0.1) is 0 Å². The second kappa shape index (κ2) is 8.08. The molecular weight excluding hydrogens is 537 g/mol. The van der Waals surface area contributed by atoms with Crippen LogP contribution in [0.5, 0.6) is 0 Å². The summed E-state index contributed by atoms with van der Waals surface area (Å²) in [6.07, 6.45) is -14.3. The minimum atomic E-state index is -8.98. The van der Waals surface area contributed by atoms with Gasteiger partial charge in [0.25, 0.3) is 0 Å². The molecule has 0 aromatic heterocycles. The Morgan fingerprint density at radius 3 is 0.909 bits per heavy atom. The Morgan fingerprint density at radius 2 is 0.667 bits per heavy atom. The number of hydrogen-bond acceptors (Lipinski definition) is 2. The fraction of sp³-hybridized carbons (Fsp3) is 1.00. The zero-order valence-electron chi connectivity index (χ0n) is 14.6. The molecule has 2 nitrogen and oxygen atoms in total. The lowest BCUT2D eigenvalue weighted by Gasteiger charge is -2.44. The molecule has 33 heavy (non-hydrogen) atoms. The van der Waals surface area contributed by atoms with Crippen molar-refractivity contribution in [3.05, 3.63) is 0 Å². The van der Waals surface area contributed by atoms with Crippen molar-refractivity contribution in [3.63, 3.8) is 0 Å². The Hall–Kier alpha value is -1.41. The van der Waals surface area contributed by atoms with Gasteiger partial charge >= 0.3 is 53.6 Å².